The summed E-state index contributed by atoms with van der Waals surface area (Å²) in [4.78, 5) is 27.8. The van der Waals surface area contributed by atoms with Crippen LogP contribution in [0, 0.1) is 12.7 Å². The Kier molecular flexibility index (Phi) is 7.54. The quantitative estimate of drug-likeness (QED) is 0.752. The Bertz CT molecular complexity index is 858. The lowest BCUT2D eigenvalue weighted by Crippen LogP contribution is -2.53. The summed E-state index contributed by atoms with van der Waals surface area (Å²) in [5.41, 5.74) is 1.94. The molecule has 0 spiro atoms. The third kappa shape index (κ3) is 6.41. The van der Waals surface area contributed by atoms with E-state index in [0.717, 1.165) is 11.1 Å². The van der Waals surface area contributed by atoms with Crippen molar-refractivity contribution in [2.24, 2.45) is 0 Å². The molecule has 0 saturated heterocycles. The van der Waals surface area contributed by atoms with Crippen molar-refractivity contribution in [3.63, 3.8) is 0 Å². The SMILES string of the molecule is CC[C@@H](C(=O)NC(C)(C)C)N(Cc1ccccc1C)C(=O)Cc1ccccc1F. The van der Waals surface area contributed by atoms with Crippen LogP contribution >= 0.6 is 0 Å². The van der Waals surface area contributed by atoms with E-state index in [1.165, 1.54) is 6.07 Å². The number of amides is 2. The lowest BCUT2D eigenvalue weighted by atomic mass is 10.0. The number of carbonyl (C=O) groups excluding carboxylic acids is 2. The van der Waals surface area contributed by atoms with E-state index in [9.17, 15) is 14.0 Å². The van der Waals surface area contributed by atoms with Crippen LogP contribution in [0.3, 0.4) is 0 Å². The van der Waals surface area contributed by atoms with Gasteiger partial charge in [0.2, 0.25) is 11.8 Å². The number of nitrogens with zero attached hydrogens (tertiary/aromatic N) is 1. The van der Waals surface area contributed by atoms with E-state index >= 15 is 0 Å². The van der Waals surface area contributed by atoms with E-state index in [1.54, 1.807) is 23.1 Å². The molecule has 0 aliphatic carbocycles. The zero-order valence-corrected chi connectivity index (χ0v) is 18.0. The second-order valence-corrected chi connectivity index (χ2v) is 8.38. The molecule has 5 heteroatoms. The minimum absolute atomic E-state index is 0.0855. The molecule has 0 aromatic heterocycles. The Morgan fingerprint density at radius 3 is 2.17 bits per heavy atom. The van der Waals surface area contributed by atoms with Crippen LogP contribution in [0.15, 0.2) is 48.5 Å². The third-order valence-corrected chi connectivity index (χ3v) is 4.79. The van der Waals surface area contributed by atoms with Gasteiger partial charge in [0, 0.05) is 12.1 Å². The molecule has 0 bridgehead atoms. The number of carbonyl (C=O) groups is 2. The molecule has 0 heterocycles. The van der Waals surface area contributed by atoms with Gasteiger partial charge in [0.1, 0.15) is 11.9 Å². The summed E-state index contributed by atoms with van der Waals surface area (Å²) in [5, 5.41) is 2.97. The zero-order valence-electron chi connectivity index (χ0n) is 18.0. The molecule has 2 amide bonds. The summed E-state index contributed by atoms with van der Waals surface area (Å²) >= 11 is 0. The van der Waals surface area contributed by atoms with Crippen molar-refractivity contribution >= 4 is 11.8 Å². The van der Waals surface area contributed by atoms with Crippen molar-refractivity contribution < 1.29 is 14.0 Å². The van der Waals surface area contributed by atoms with Gasteiger partial charge in [-0.25, -0.2) is 4.39 Å². The fraction of sp³-hybridized carbons (Fsp3) is 0.417. The maximum atomic E-state index is 14.1. The summed E-state index contributed by atoms with van der Waals surface area (Å²) in [5.74, 6) is -0.881. The summed E-state index contributed by atoms with van der Waals surface area (Å²) in [7, 11) is 0. The Balaban J connectivity index is 2.35. The first kappa shape index (κ1) is 22.6. The van der Waals surface area contributed by atoms with Gasteiger partial charge in [-0.2, -0.15) is 0 Å². The van der Waals surface area contributed by atoms with Crippen LogP contribution in [-0.4, -0.2) is 28.3 Å². The van der Waals surface area contributed by atoms with Gasteiger partial charge < -0.3 is 10.2 Å². The molecule has 4 nitrogen and oxygen atoms in total. The molecule has 0 aliphatic rings. The van der Waals surface area contributed by atoms with Gasteiger partial charge >= 0.3 is 0 Å². The Morgan fingerprint density at radius 2 is 1.62 bits per heavy atom. The average molecular weight is 399 g/mol. The highest BCUT2D eigenvalue weighted by Gasteiger charge is 2.31. The summed E-state index contributed by atoms with van der Waals surface area (Å²) in [6.07, 6.45) is 0.384. The lowest BCUT2D eigenvalue weighted by molar-refractivity contribution is -0.141. The predicted molar refractivity (Wildman–Crippen MR) is 114 cm³/mol. The monoisotopic (exact) mass is 398 g/mol. The molecule has 1 N–H and O–H groups in total. The van der Waals surface area contributed by atoms with Crippen molar-refractivity contribution in [1.29, 1.82) is 0 Å². The molecule has 0 unspecified atom stereocenters. The van der Waals surface area contributed by atoms with Crippen molar-refractivity contribution in [2.75, 3.05) is 0 Å². The van der Waals surface area contributed by atoms with E-state index in [-0.39, 0.29) is 18.2 Å². The van der Waals surface area contributed by atoms with Crippen LogP contribution in [0.4, 0.5) is 4.39 Å². The Labute approximate surface area is 173 Å². The lowest BCUT2D eigenvalue weighted by Gasteiger charge is -2.33. The summed E-state index contributed by atoms with van der Waals surface area (Å²) in [6.45, 7) is 9.88. The van der Waals surface area contributed by atoms with Crippen molar-refractivity contribution in [3.8, 4) is 0 Å². The van der Waals surface area contributed by atoms with Gasteiger partial charge in [0.25, 0.3) is 0 Å². The van der Waals surface area contributed by atoms with Gasteiger partial charge in [-0.1, -0.05) is 49.4 Å². The first-order valence-electron chi connectivity index (χ1n) is 10.0. The second kappa shape index (κ2) is 9.68. The summed E-state index contributed by atoms with van der Waals surface area (Å²) < 4.78 is 14.1. The second-order valence-electron chi connectivity index (χ2n) is 8.38. The number of rotatable bonds is 7. The van der Waals surface area contributed by atoms with Gasteiger partial charge in [0.15, 0.2) is 0 Å². The number of halogens is 1. The van der Waals surface area contributed by atoms with Crippen LogP contribution in [0.1, 0.15) is 50.8 Å². The third-order valence-electron chi connectivity index (χ3n) is 4.79. The standard InChI is InChI=1S/C24H31FN2O2/c1-6-21(23(29)26-24(3,4)5)27(16-19-13-8-7-11-17(19)2)22(28)15-18-12-9-10-14-20(18)25/h7-14,21H,6,15-16H2,1-5H3,(H,26,29)/t21-/m0/s1. The van der Waals surface area contributed by atoms with Crippen molar-refractivity contribution in [2.45, 2.75) is 65.6 Å². The molecule has 0 fully saturated rings. The van der Waals surface area contributed by atoms with Crippen LogP contribution in [0.2, 0.25) is 0 Å². The first-order valence-corrected chi connectivity index (χ1v) is 10.0. The number of nitrogens with one attached hydrogen (secondary N) is 1. The van der Waals surface area contributed by atoms with Gasteiger partial charge in [-0.05, 0) is 56.9 Å². The molecule has 29 heavy (non-hydrogen) atoms. The van der Waals surface area contributed by atoms with Crippen LogP contribution in [-0.2, 0) is 22.6 Å². The maximum Gasteiger partial charge on any atom is 0.243 e. The molecule has 2 aromatic rings. The Hall–Kier alpha value is -2.69. The van der Waals surface area contributed by atoms with E-state index in [2.05, 4.69) is 5.32 Å². The van der Waals surface area contributed by atoms with Gasteiger partial charge in [-0.15, -0.1) is 0 Å². The fourth-order valence-corrected chi connectivity index (χ4v) is 3.25. The van der Waals surface area contributed by atoms with Gasteiger partial charge in [-0.3, -0.25) is 9.59 Å². The predicted octanol–water partition coefficient (Wildman–Crippen LogP) is 4.40. The van der Waals surface area contributed by atoms with E-state index in [4.69, 9.17) is 0 Å². The van der Waals surface area contributed by atoms with Crippen molar-refractivity contribution in [3.05, 3.63) is 71.0 Å². The molecular weight excluding hydrogens is 367 g/mol. The summed E-state index contributed by atoms with van der Waals surface area (Å²) in [6, 6.07) is 13.4. The molecule has 1 atom stereocenters. The maximum absolute atomic E-state index is 14.1. The smallest absolute Gasteiger partial charge is 0.243 e. The largest absolute Gasteiger partial charge is 0.350 e. The number of benzene rings is 2. The topological polar surface area (TPSA) is 49.4 Å². The molecular formula is C24H31FN2O2. The van der Waals surface area contributed by atoms with Crippen LogP contribution in [0.25, 0.3) is 0 Å². The number of hydrogen-bond acceptors (Lipinski definition) is 2. The van der Waals surface area contributed by atoms with E-state index in [1.807, 2.05) is 58.9 Å². The van der Waals surface area contributed by atoms with Gasteiger partial charge in [0.05, 0.1) is 6.42 Å². The highest BCUT2D eigenvalue weighted by molar-refractivity contribution is 5.88. The van der Waals surface area contributed by atoms with Crippen LogP contribution < -0.4 is 5.32 Å². The van der Waals surface area contributed by atoms with Crippen LogP contribution in [0.5, 0.6) is 0 Å². The molecule has 2 rings (SSSR count). The normalized spacial score (nSPS) is 12.3. The molecule has 156 valence electrons. The highest BCUT2D eigenvalue weighted by Crippen LogP contribution is 2.18. The molecule has 0 aliphatic heterocycles. The number of hydrogen-bond donors (Lipinski definition) is 1. The Morgan fingerprint density at radius 1 is 1.03 bits per heavy atom. The molecule has 2 aromatic carbocycles. The first-order chi connectivity index (χ1) is 13.6. The number of aryl methyl sites for hydroxylation is 1. The zero-order chi connectivity index (χ0) is 21.6. The van der Waals surface area contributed by atoms with E-state index < -0.39 is 17.4 Å². The average Bonchev–Trinajstić information content (AvgIpc) is 2.63. The fourth-order valence-electron chi connectivity index (χ4n) is 3.25. The van der Waals surface area contributed by atoms with E-state index in [0.29, 0.717) is 18.5 Å². The minimum atomic E-state index is -0.631. The molecule has 0 saturated carbocycles. The van der Waals surface area contributed by atoms with Crippen molar-refractivity contribution in [1.82, 2.24) is 10.2 Å². The highest BCUT2D eigenvalue weighted by atomic mass is 19.1. The minimum Gasteiger partial charge on any atom is -0.350 e. The molecule has 0 radical (unpaired) electrons.